The van der Waals surface area contributed by atoms with Gasteiger partial charge < -0.3 is 5.32 Å². The van der Waals surface area contributed by atoms with Crippen molar-refractivity contribution in [2.24, 2.45) is 20.0 Å². The number of hydrogen-bond donors (Lipinski definition) is 1. The SMILES string of the molecule is Cc1cc(C(=O)N[C@H](CC(C)C)c2ncnn2C)c2c(C)nn(C)c2n1. The van der Waals surface area contributed by atoms with Crippen molar-refractivity contribution < 1.29 is 4.79 Å². The molecule has 0 aliphatic rings. The van der Waals surface area contributed by atoms with Crippen LogP contribution in [0.4, 0.5) is 0 Å². The molecule has 0 aliphatic carbocycles. The average molecular weight is 355 g/mol. The Balaban J connectivity index is 2.00. The van der Waals surface area contributed by atoms with Crippen molar-refractivity contribution in [1.29, 1.82) is 0 Å². The van der Waals surface area contributed by atoms with Gasteiger partial charge in [-0.3, -0.25) is 14.2 Å². The molecule has 3 aromatic heterocycles. The van der Waals surface area contributed by atoms with E-state index in [9.17, 15) is 4.79 Å². The van der Waals surface area contributed by atoms with Gasteiger partial charge in [-0.25, -0.2) is 9.97 Å². The normalized spacial score (nSPS) is 12.7. The summed E-state index contributed by atoms with van der Waals surface area (Å²) in [6.45, 7) is 8.02. The summed E-state index contributed by atoms with van der Waals surface area (Å²) in [7, 11) is 3.67. The molecule has 0 saturated carbocycles. The standard InChI is InChI=1S/C18H25N7O/c1-10(2)7-14(16-19-9-20-24(16)5)22-18(26)13-8-11(3)21-17-15(13)12(4)23-25(17)6/h8-10,14H,7H2,1-6H3,(H,22,26)/t14-/m1/s1. The van der Waals surface area contributed by atoms with E-state index >= 15 is 0 Å². The second-order valence-electron chi connectivity index (χ2n) is 7.12. The van der Waals surface area contributed by atoms with Crippen LogP contribution in [0.1, 0.15) is 53.9 Å². The van der Waals surface area contributed by atoms with Crippen LogP contribution < -0.4 is 5.32 Å². The first kappa shape index (κ1) is 18.0. The Bertz CT molecular complexity index is 954. The summed E-state index contributed by atoms with van der Waals surface area (Å²) < 4.78 is 3.42. The maximum atomic E-state index is 13.1. The van der Waals surface area contributed by atoms with Crippen LogP contribution in [0.15, 0.2) is 12.4 Å². The van der Waals surface area contributed by atoms with Gasteiger partial charge in [0.25, 0.3) is 5.91 Å². The molecule has 26 heavy (non-hydrogen) atoms. The minimum absolute atomic E-state index is 0.148. The summed E-state index contributed by atoms with van der Waals surface area (Å²) in [6, 6.07) is 1.60. The molecule has 0 saturated heterocycles. The van der Waals surface area contributed by atoms with E-state index in [1.165, 1.54) is 6.33 Å². The molecule has 8 heteroatoms. The van der Waals surface area contributed by atoms with Crippen LogP contribution in [0, 0.1) is 19.8 Å². The molecule has 0 radical (unpaired) electrons. The fourth-order valence-electron chi connectivity index (χ4n) is 3.31. The summed E-state index contributed by atoms with van der Waals surface area (Å²) in [5.41, 5.74) is 2.88. The number of nitrogens with one attached hydrogen (secondary N) is 1. The molecule has 0 fully saturated rings. The molecular formula is C18H25N7O. The van der Waals surface area contributed by atoms with E-state index in [1.807, 2.05) is 34.0 Å². The molecule has 1 amide bonds. The number of carbonyl (C=O) groups is 1. The van der Waals surface area contributed by atoms with Gasteiger partial charge in [-0.1, -0.05) is 13.8 Å². The third-order valence-electron chi connectivity index (χ3n) is 4.41. The lowest BCUT2D eigenvalue weighted by Crippen LogP contribution is -2.31. The molecule has 1 N–H and O–H groups in total. The van der Waals surface area contributed by atoms with Crippen molar-refractivity contribution in [2.45, 2.75) is 40.2 Å². The first-order chi connectivity index (χ1) is 12.3. The van der Waals surface area contributed by atoms with E-state index in [2.05, 4.69) is 39.3 Å². The first-order valence-corrected chi connectivity index (χ1v) is 8.73. The number of fused-ring (bicyclic) bond motifs is 1. The largest absolute Gasteiger partial charge is 0.342 e. The number of rotatable bonds is 5. The fraction of sp³-hybridized carbons (Fsp3) is 0.500. The van der Waals surface area contributed by atoms with Crippen LogP contribution >= 0.6 is 0 Å². The quantitative estimate of drug-likeness (QED) is 0.758. The van der Waals surface area contributed by atoms with E-state index in [0.29, 0.717) is 17.1 Å². The van der Waals surface area contributed by atoms with E-state index in [1.54, 1.807) is 9.36 Å². The maximum Gasteiger partial charge on any atom is 0.252 e. The first-order valence-electron chi connectivity index (χ1n) is 8.73. The molecule has 138 valence electrons. The molecule has 0 unspecified atom stereocenters. The zero-order valence-corrected chi connectivity index (χ0v) is 16.1. The van der Waals surface area contributed by atoms with Crippen LogP contribution in [-0.2, 0) is 14.1 Å². The Kier molecular flexibility index (Phi) is 4.76. The van der Waals surface area contributed by atoms with E-state index < -0.39 is 0 Å². The maximum absolute atomic E-state index is 13.1. The van der Waals surface area contributed by atoms with Gasteiger partial charge in [0, 0.05) is 19.8 Å². The number of hydrogen-bond acceptors (Lipinski definition) is 5. The zero-order valence-electron chi connectivity index (χ0n) is 16.1. The number of aryl methyl sites for hydroxylation is 4. The van der Waals surface area contributed by atoms with Crippen molar-refractivity contribution in [2.75, 3.05) is 0 Å². The minimum atomic E-state index is -0.213. The summed E-state index contributed by atoms with van der Waals surface area (Å²) in [5.74, 6) is 0.999. The molecule has 0 spiro atoms. The van der Waals surface area contributed by atoms with Gasteiger partial charge in [-0.2, -0.15) is 10.2 Å². The number of carbonyl (C=O) groups excluding carboxylic acids is 1. The van der Waals surface area contributed by atoms with Gasteiger partial charge in [-0.15, -0.1) is 0 Å². The van der Waals surface area contributed by atoms with Gasteiger partial charge in [0.15, 0.2) is 5.65 Å². The Labute approximate surface area is 152 Å². The van der Waals surface area contributed by atoms with Gasteiger partial charge >= 0.3 is 0 Å². The molecule has 3 heterocycles. The second kappa shape index (κ2) is 6.86. The molecule has 3 rings (SSSR count). The summed E-state index contributed by atoms with van der Waals surface area (Å²) in [6.07, 6.45) is 2.28. The fourth-order valence-corrected chi connectivity index (χ4v) is 3.31. The van der Waals surface area contributed by atoms with Gasteiger partial charge in [-0.05, 0) is 32.3 Å². The van der Waals surface area contributed by atoms with E-state index in [0.717, 1.165) is 29.0 Å². The smallest absolute Gasteiger partial charge is 0.252 e. The molecule has 0 bridgehead atoms. The van der Waals surface area contributed by atoms with Crippen molar-refractivity contribution in [3.8, 4) is 0 Å². The highest BCUT2D eigenvalue weighted by Crippen LogP contribution is 2.24. The molecule has 8 nitrogen and oxygen atoms in total. The van der Waals surface area contributed by atoms with Crippen molar-refractivity contribution in [3.05, 3.63) is 35.2 Å². The average Bonchev–Trinajstić information content (AvgIpc) is 3.09. The highest BCUT2D eigenvalue weighted by atomic mass is 16.1. The van der Waals surface area contributed by atoms with Gasteiger partial charge in [0.05, 0.1) is 22.7 Å². The molecule has 0 aromatic carbocycles. The Morgan fingerprint density at radius 3 is 2.58 bits per heavy atom. The summed E-state index contributed by atoms with van der Waals surface area (Å²) in [4.78, 5) is 22.0. The summed E-state index contributed by atoms with van der Waals surface area (Å²) >= 11 is 0. The van der Waals surface area contributed by atoms with E-state index in [-0.39, 0.29) is 11.9 Å². The van der Waals surface area contributed by atoms with Crippen molar-refractivity contribution in [3.63, 3.8) is 0 Å². The van der Waals surface area contributed by atoms with Crippen LogP contribution in [0.3, 0.4) is 0 Å². The van der Waals surface area contributed by atoms with E-state index in [4.69, 9.17) is 0 Å². The summed E-state index contributed by atoms with van der Waals surface area (Å²) in [5, 5.41) is 12.5. The number of pyridine rings is 1. The van der Waals surface area contributed by atoms with Crippen molar-refractivity contribution in [1.82, 2.24) is 34.8 Å². The topological polar surface area (TPSA) is 90.5 Å². The predicted molar refractivity (Wildman–Crippen MR) is 98.6 cm³/mol. The monoisotopic (exact) mass is 355 g/mol. The highest BCUT2D eigenvalue weighted by molar-refractivity contribution is 6.06. The van der Waals surface area contributed by atoms with Crippen LogP contribution in [0.25, 0.3) is 11.0 Å². The lowest BCUT2D eigenvalue weighted by molar-refractivity contribution is 0.0930. The van der Waals surface area contributed by atoms with Gasteiger partial charge in [0.1, 0.15) is 12.2 Å². The van der Waals surface area contributed by atoms with Gasteiger partial charge in [0.2, 0.25) is 0 Å². The molecule has 0 aliphatic heterocycles. The Morgan fingerprint density at radius 1 is 1.23 bits per heavy atom. The Morgan fingerprint density at radius 2 is 1.96 bits per heavy atom. The lowest BCUT2D eigenvalue weighted by atomic mass is 10.0. The highest BCUT2D eigenvalue weighted by Gasteiger charge is 2.24. The lowest BCUT2D eigenvalue weighted by Gasteiger charge is -2.20. The minimum Gasteiger partial charge on any atom is -0.342 e. The number of aromatic nitrogens is 6. The third kappa shape index (κ3) is 3.31. The van der Waals surface area contributed by atoms with Crippen LogP contribution in [0.2, 0.25) is 0 Å². The van der Waals surface area contributed by atoms with Crippen LogP contribution in [-0.4, -0.2) is 35.4 Å². The Hall–Kier alpha value is -2.77. The van der Waals surface area contributed by atoms with Crippen molar-refractivity contribution >= 4 is 16.9 Å². The second-order valence-corrected chi connectivity index (χ2v) is 7.12. The number of nitrogens with zero attached hydrogens (tertiary/aromatic N) is 6. The molecular weight excluding hydrogens is 330 g/mol. The molecule has 3 aromatic rings. The van der Waals surface area contributed by atoms with Crippen LogP contribution in [0.5, 0.6) is 0 Å². The predicted octanol–water partition coefficient (Wildman–Crippen LogP) is 2.23. The zero-order chi connectivity index (χ0) is 19.0. The molecule has 1 atom stereocenters. The third-order valence-corrected chi connectivity index (χ3v) is 4.41. The number of amides is 1.